The predicted octanol–water partition coefficient (Wildman–Crippen LogP) is 14.5. The molecule has 290 valence electrons. The van der Waals surface area contributed by atoms with Crippen LogP contribution in [0.15, 0.2) is 146 Å². The van der Waals surface area contributed by atoms with Crippen molar-refractivity contribution in [2.45, 2.75) is 18.9 Å². The summed E-state index contributed by atoms with van der Waals surface area (Å²) in [6, 6.07) is 38.7. The zero-order valence-electron chi connectivity index (χ0n) is 29.5. The lowest BCUT2D eigenvalue weighted by atomic mass is 10.1. The van der Waals surface area contributed by atoms with Gasteiger partial charge in [-0.15, -0.1) is 26.3 Å². The Morgan fingerprint density at radius 1 is 0.316 bits per heavy atom. The predicted molar refractivity (Wildman–Crippen MR) is 206 cm³/mol. The SMILES string of the molecule is FC(F)(F)Oc1ccc(/C=C/c2ccc(N(c3ccc(/C=C/c4ccc(OC(F)(F)F)cc4)cc3)c3ccc(/C=C/c4ccc(C(F)(F)F)cc4)cc3)cc2)cc1. The molecule has 0 aliphatic carbocycles. The summed E-state index contributed by atoms with van der Waals surface area (Å²) < 4.78 is 122. The molecule has 6 aromatic rings. The van der Waals surface area contributed by atoms with Crippen molar-refractivity contribution in [2.75, 3.05) is 4.90 Å². The molecule has 0 aliphatic heterocycles. The molecule has 0 atom stereocenters. The number of ether oxygens (including phenoxy) is 2. The minimum absolute atomic E-state index is 0.315. The second-order valence-corrected chi connectivity index (χ2v) is 12.5. The first kappa shape index (κ1) is 40.0. The van der Waals surface area contributed by atoms with Crippen LogP contribution in [-0.4, -0.2) is 12.7 Å². The van der Waals surface area contributed by atoms with E-state index in [1.165, 1.54) is 60.7 Å². The van der Waals surface area contributed by atoms with Crippen molar-refractivity contribution < 1.29 is 49.0 Å². The van der Waals surface area contributed by atoms with Gasteiger partial charge < -0.3 is 14.4 Å². The Balaban J connectivity index is 1.22. The quantitative estimate of drug-likeness (QED) is 0.0964. The highest BCUT2D eigenvalue weighted by molar-refractivity contribution is 5.80. The van der Waals surface area contributed by atoms with Gasteiger partial charge in [-0.3, -0.25) is 0 Å². The van der Waals surface area contributed by atoms with E-state index in [0.29, 0.717) is 16.7 Å². The average molecular weight is 788 g/mol. The van der Waals surface area contributed by atoms with E-state index in [0.717, 1.165) is 45.9 Å². The second-order valence-electron chi connectivity index (χ2n) is 12.5. The van der Waals surface area contributed by atoms with Gasteiger partial charge in [0.15, 0.2) is 0 Å². The highest BCUT2D eigenvalue weighted by Gasteiger charge is 2.32. The number of halogens is 9. The van der Waals surface area contributed by atoms with E-state index in [4.69, 9.17) is 0 Å². The van der Waals surface area contributed by atoms with E-state index in [9.17, 15) is 39.5 Å². The molecule has 0 bridgehead atoms. The lowest BCUT2D eigenvalue weighted by Gasteiger charge is -2.26. The van der Waals surface area contributed by atoms with Gasteiger partial charge in [-0.1, -0.05) is 109 Å². The average Bonchev–Trinajstić information content (AvgIpc) is 3.17. The Morgan fingerprint density at radius 3 is 0.772 bits per heavy atom. The summed E-state index contributed by atoms with van der Waals surface area (Å²) in [7, 11) is 0. The standard InChI is InChI=1S/C45H30F9NO2/c46-43(47,48)37-19-7-31(8-20-37)1-2-32-9-21-38(22-10-32)55(39-23-11-33(12-24-39)3-5-35-15-27-41(28-16-35)56-44(49,50)51)40-25-13-34(14-26-40)4-6-36-17-29-42(30-18-36)57-45(52,53)54/h1-30H/b2-1+,5-3+,6-4+. The molecular formula is C45H30F9NO2. The summed E-state index contributed by atoms with van der Waals surface area (Å²) in [5.74, 6) is -0.631. The van der Waals surface area contributed by atoms with E-state index < -0.39 is 24.5 Å². The van der Waals surface area contributed by atoms with Gasteiger partial charge in [0.25, 0.3) is 0 Å². The molecule has 0 spiro atoms. The fourth-order valence-corrected chi connectivity index (χ4v) is 5.57. The topological polar surface area (TPSA) is 21.7 Å². The normalized spacial score (nSPS) is 12.4. The maximum absolute atomic E-state index is 13.0. The van der Waals surface area contributed by atoms with Gasteiger partial charge >= 0.3 is 18.9 Å². The molecule has 6 aromatic carbocycles. The van der Waals surface area contributed by atoms with Gasteiger partial charge in [0.2, 0.25) is 0 Å². The monoisotopic (exact) mass is 787 g/mol. The molecular weight excluding hydrogens is 757 g/mol. The number of hydrogen-bond donors (Lipinski definition) is 0. The van der Waals surface area contributed by atoms with Gasteiger partial charge in [0.1, 0.15) is 11.5 Å². The van der Waals surface area contributed by atoms with Crippen LogP contribution in [0.1, 0.15) is 38.9 Å². The first-order valence-electron chi connectivity index (χ1n) is 17.1. The summed E-state index contributed by atoms with van der Waals surface area (Å²) in [5.41, 5.74) is 6.11. The van der Waals surface area contributed by atoms with Crippen LogP contribution in [0.3, 0.4) is 0 Å². The highest BCUT2D eigenvalue weighted by atomic mass is 19.4. The molecule has 0 unspecified atom stereocenters. The molecule has 0 aliphatic rings. The molecule has 6 rings (SSSR count). The van der Waals surface area contributed by atoms with Crippen molar-refractivity contribution >= 4 is 53.5 Å². The van der Waals surface area contributed by atoms with Gasteiger partial charge in [0, 0.05) is 17.1 Å². The first-order valence-corrected chi connectivity index (χ1v) is 17.1. The minimum Gasteiger partial charge on any atom is -0.406 e. The Hall–Kier alpha value is -6.69. The van der Waals surface area contributed by atoms with E-state index in [-0.39, 0.29) is 11.5 Å². The molecule has 57 heavy (non-hydrogen) atoms. The Kier molecular flexibility index (Phi) is 11.9. The van der Waals surface area contributed by atoms with Gasteiger partial charge in [0.05, 0.1) is 5.56 Å². The molecule has 0 saturated heterocycles. The molecule has 0 N–H and O–H groups in total. The molecule has 0 saturated carbocycles. The molecule has 0 fully saturated rings. The van der Waals surface area contributed by atoms with Gasteiger partial charge in [-0.25, -0.2) is 0 Å². The smallest absolute Gasteiger partial charge is 0.406 e. The third kappa shape index (κ3) is 11.9. The molecule has 0 aromatic heterocycles. The van der Waals surface area contributed by atoms with Crippen LogP contribution < -0.4 is 14.4 Å². The van der Waals surface area contributed by atoms with Crippen LogP contribution in [0.5, 0.6) is 11.5 Å². The summed E-state index contributed by atoms with van der Waals surface area (Å²) in [6.07, 6.45) is -3.28. The van der Waals surface area contributed by atoms with Crippen LogP contribution in [0.4, 0.5) is 56.6 Å². The van der Waals surface area contributed by atoms with E-state index >= 15 is 0 Å². The number of benzene rings is 6. The molecule has 3 nitrogen and oxygen atoms in total. The third-order valence-corrected chi connectivity index (χ3v) is 8.32. The van der Waals surface area contributed by atoms with Crippen LogP contribution in [0, 0.1) is 0 Å². The number of anilines is 3. The van der Waals surface area contributed by atoms with Gasteiger partial charge in [-0.2, -0.15) is 13.2 Å². The van der Waals surface area contributed by atoms with E-state index in [1.807, 2.05) is 89.8 Å². The number of rotatable bonds is 11. The molecule has 0 amide bonds. The van der Waals surface area contributed by atoms with Crippen molar-refractivity contribution in [2.24, 2.45) is 0 Å². The van der Waals surface area contributed by atoms with Crippen molar-refractivity contribution in [3.8, 4) is 11.5 Å². The van der Waals surface area contributed by atoms with Crippen molar-refractivity contribution in [1.29, 1.82) is 0 Å². The van der Waals surface area contributed by atoms with Crippen LogP contribution in [-0.2, 0) is 6.18 Å². The summed E-state index contributed by atoms with van der Waals surface area (Å²) >= 11 is 0. The second kappa shape index (κ2) is 17.0. The lowest BCUT2D eigenvalue weighted by molar-refractivity contribution is -0.275. The van der Waals surface area contributed by atoms with Crippen LogP contribution in [0.25, 0.3) is 36.5 Å². The van der Waals surface area contributed by atoms with E-state index in [2.05, 4.69) is 9.47 Å². The lowest BCUT2D eigenvalue weighted by Crippen LogP contribution is -2.16. The Morgan fingerprint density at radius 2 is 0.544 bits per heavy atom. The molecule has 0 heterocycles. The fourth-order valence-electron chi connectivity index (χ4n) is 5.57. The highest BCUT2D eigenvalue weighted by Crippen LogP contribution is 2.36. The Bertz CT molecular complexity index is 2190. The maximum atomic E-state index is 13.0. The van der Waals surface area contributed by atoms with Gasteiger partial charge in [-0.05, 0) is 106 Å². The number of hydrogen-bond acceptors (Lipinski definition) is 3. The zero-order chi connectivity index (χ0) is 40.6. The number of nitrogens with zero attached hydrogens (tertiary/aromatic N) is 1. The largest absolute Gasteiger partial charge is 0.573 e. The van der Waals surface area contributed by atoms with Crippen molar-refractivity contribution in [1.82, 2.24) is 0 Å². The molecule has 12 heteroatoms. The summed E-state index contributed by atoms with van der Waals surface area (Å²) in [4.78, 5) is 2.02. The Labute approximate surface area is 321 Å². The fraction of sp³-hybridized carbons (Fsp3) is 0.0667. The van der Waals surface area contributed by atoms with Crippen LogP contribution >= 0.6 is 0 Å². The van der Waals surface area contributed by atoms with Crippen molar-refractivity contribution in [3.05, 3.63) is 185 Å². The van der Waals surface area contributed by atoms with E-state index in [1.54, 1.807) is 24.3 Å². The summed E-state index contributed by atoms with van der Waals surface area (Å²) in [5, 5.41) is 0. The number of alkyl halides is 9. The maximum Gasteiger partial charge on any atom is 0.573 e. The van der Waals surface area contributed by atoms with Crippen molar-refractivity contribution in [3.63, 3.8) is 0 Å². The molecule has 0 radical (unpaired) electrons. The summed E-state index contributed by atoms with van der Waals surface area (Å²) in [6.45, 7) is 0. The first-order chi connectivity index (χ1) is 27.1. The minimum atomic E-state index is -4.78. The van der Waals surface area contributed by atoms with Crippen LogP contribution in [0.2, 0.25) is 0 Å². The third-order valence-electron chi connectivity index (χ3n) is 8.32. The zero-order valence-corrected chi connectivity index (χ0v) is 29.5.